The van der Waals surface area contributed by atoms with Gasteiger partial charge in [0, 0.05) is 39.3 Å². The van der Waals surface area contributed by atoms with Crippen LogP contribution in [0.1, 0.15) is 12.5 Å². The van der Waals surface area contributed by atoms with Crippen LogP contribution in [0.4, 0.5) is 10.1 Å². The lowest BCUT2D eigenvalue weighted by atomic mass is 10.1. The normalized spacial score (nSPS) is 14.6. The first-order chi connectivity index (χ1) is 13.2. The van der Waals surface area contributed by atoms with Gasteiger partial charge >= 0.3 is 0 Å². The molecule has 0 aliphatic carbocycles. The predicted octanol–water partition coefficient (Wildman–Crippen LogP) is 3.48. The van der Waals surface area contributed by atoms with Crippen molar-refractivity contribution in [3.63, 3.8) is 0 Å². The zero-order valence-electron chi connectivity index (χ0n) is 16.1. The fourth-order valence-electron chi connectivity index (χ4n) is 3.26. The Kier molecular flexibility index (Phi) is 8.82. The summed E-state index contributed by atoms with van der Waals surface area (Å²) < 4.78 is 13.0. The van der Waals surface area contributed by atoms with Gasteiger partial charge in [0.05, 0.1) is 5.69 Å². The van der Waals surface area contributed by atoms with E-state index in [0.717, 1.165) is 56.4 Å². The fraction of sp³-hybridized carbons (Fsp3) is 0.381. The number of piperazine rings is 1. The zero-order chi connectivity index (χ0) is 19.1. The van der Waals surface area contributed by atoms with Crippen molar-refractivity contribution in [1.82, 2.24) is 10.2 Å². The summed E-state index contributed by atoms with van der Waals surface area (Å²) in [7, 11) is 0. The molecule has 0 amide bonds. The Morgan fingerprint density at radius 3 is 2.39 bits per heavy atom. The number of para-hydroxylation sites is 2. The van der Waals surface area contributed by atoms with Gasteiger partial charge in [-0.2, -0.15) is 0 Å². The summed E-state index contributed by atoms with van der Waals surface area (Å²) in [6, 6.07) is 14.1. The quantitative estimate of drug-likeness (QED) is 0.377. The van der Waals surface area contributed by atoms with Crippen LogP contribution in [0.5, 0.6) is 5.75 Å². The number of aliphatic imine (C=N–C) groups is 1. The van der Waals surface area contributed by atoms with Gasteiger partial charge in [-0.15, -0.1) is 24.0 Å². The Labute approximate surface area is 183 Å². The van der Waals surface area contributed by atoms with E-state index in [-0.39, 0.29) is 29.8 Å². The number of rotatable bonds is 5. The lowest BCUT2D eigenvalue weighted by molar-refractivity contribution is 0.370. The van der Waals surface area contributed by atoms with E-state index in [0.29, 0.717) is 12.3 Å². The molecule has 2 N–H and O–H groups in total. The highest BCUT2D eigenvalue weighted by atomic mass is 127. The molecule has 28 heavy (non-hydrogen) atoms. The molecule has 3 rings (SSSR count). The molecule has 1 saturated heterocycles. The number of benzene rings is 2. The van der Waals surface area contributed by atoms with Crippen LogP contribution in [-0.2, 0) is 6.42 Å². The molecule has 1 aliphatic heterocycles. The number of hydrogen-bond acceptors (Lipinski definition) is 3. The Morgan fingerprint density at radius 1 is 1.07 bits per heavy atom. The highest BCUT2D eigenvalue weighted by Crippen LogP contribution is 2.27. The molecule has 0 radical (unpaired) electrons. The van der Waals surface area contributed by atoms with Crippen molar-refractivity contribution in [3.8, 4) is 5.75 Å². The van der Waals surface area contributed by atoms with Crippen molar-refractivity contribution < 1.29 is 9.50 Å². The number of nitrogens with zero attached hydrogens (tertiary/aromatic N) is 3. The molecule has 2 aromatic carbocycles. The van der Waals surface area contributed by atoms with E-state index in [1.54, 1.807) is 6.07 Å². The maximum Gasteiger partial charge on any atom is 0.194 e. The van der Waals surface area contributed by atoms with Crippen LogP contribution in [-0.4, -0.2) is 55.2 Å². The number of phenols is 1. The molecule has 0 unspecified atom stereocenters. The standard InChI is InChI=1S/C21H27FN4O.HI/c1-2-23-21(24-12-11-17-7-9-18(22)10-8-17)26-15-13-25(14-16-26)19-5-3-4-6-20(19)27;/h3-10,27H,2,11-16H2,1H3,(H,23,24);1H. The minimum Gasteiger partial charge on any atom is -0.506 e. The van der Waals surface area contributed by atoms with E-state index >= 15 is 0 Å². The topological polar surface area (TPSA) is 51.1 Å². The first kappa shape index (κ1) is 22.3. The molecule has 2 aromatic rings. The molecule has 1 heterocycles. The molecular formula is C21H28FIN4O. The number of anilines is 1. The van der Waals surface area contributed by atoms with Crippen molar-refractivity contribution in [2.45, 2.75) is 13.3 Å². The first-order valence-electron chi connectivity index (χ1n) is 9.48. The molecule has 7 heteroatoms. The van der Waals surface area contributed by atoms with Crippen LogP contribution in [0, 0.1) is 5.82 Å². The predicted molar refractivity (Wildman–Crippen MR) is 123 cm³/mol. The lowest BCUT2D eigenvalue weighted by Crippen LogP contribution is -2.52. The molecule has 0 saturated carbocycles. The van der Waals surface area contributed by atoms with Crippen LogP contribution in [0.25, 0.3) is 0 Å². The second-order valence-electron chi connectivity index (χ2n) is 6.57. The van der Waals surface area contributed by atoms with Crippen LogP contribution in [0.15, 0.2) is 53.5 Å². The maximum atomic E-state index is 13.0. The summed E-state index contributed by atoms with van der Waals surface area (Å²) in [5.41, 5.74) is 1.97. The van der Waals surface area contributed by atoms with Gasteiger partial charge in [-0.3, -0.25) is 4.99 Å². The number of halogens is 2. The molecule has 0 aromatic heterocycles. The summed E-state index contributed by atoms with van der Waals surface area (Å²) in [6.07, 6.45) is 0.785. The number of aromatic hydroxyl groups is 1. The number of nitrogens with one attached hydrogen (secondary N) is 1. The van der Waals surface area contributed by atoms with Gasteiger partial charge in [0.25, 0.3) is 0 Å². The Morgan fingerprint density at radius 2 is 1.75 bits per heavy atom. The van der Waals surface area contributed by atoms with Crippen molar-refractivity contribution >= 4 is 35.6 Å². The van der Waals surface area contributed by atoms with E-state index in [1.165, 1.54) is 12.1 Å². The third kappa shape index (κ3) is 5.98. The van der Waals surface area contributed by atoms with E-state index < -0.39 is 0 Å². The maximum absolute atomic E-state index is 13.0. The van der Waals surface area contributed by atoms with Crippen LogP contribution >= 0.6 is 24.0 Å². The second kappa shape index (κ2) is 11.1. The fourth-order valence-corrected chi connectivity index (χ4v) is 3.26. The van der Waals surface area contributed by atoms with Gasteiger partial charge < -0.3 is 20.2 Å². The van der Waals surface area contributed by atoms with Gasteiger partial charge in [0.2, 0.25) is 0 Å². The molecule has 152 valence electrons. The molecule has 1 fully saturated rings. The second-order valence-corrected chi connectivity index (χ2v) is 6.57. The van der Waals surface area contributed by atoms with Crippen molar-refractivity contribution in [2.75, 3.05) is 44.2 Å². The van der Waals surface area contributed by atoms with Crippen LogP contribution < -0.4 is 10.2 Å². The average Bonchev–Trinajstić information content (AvgIpc) is 2.69. The van der Waals surface area contributed by atoms with Crippen molar-refractivity contribution in [2.24, 2.45) is 4.99 Å². The van der Waals surface area contributed by atoms with Crippen molar-refractivity contribution in [1.29, 1.82) is 0 Å². The van der Waals surface area contributed by atoms with Gasteiger partial charge in [0.1, 0.15) is 11.6 Å². The zero-order valence-corrected chi connectivity index (χ0v) is 18.5. The monoisotopic (exact) mass is 498 g/mol. The summed E-state index contributed by atoms with van der Waals surface area (Å²) >= 11 is 0. The van der Waals surface area contributed by atoms with Crippen LogP contribution in [0.2, 0.25) is 0 Å². The first-order valence-corrected chi connectivity index (χ1v) is 9.48. The van der Waals surface area contributed by atoms with Crippen molar-refractivity contribution in [3.05, 3.63) is 59.9 Å². The Bertz CT molecular complexity index is 761. The van der Waals surface area contributed by atoms with Gasteiger partial charge in [-0.1, -0.05) is 24.3 Å². The summed E-state index contributed by atoms with van der Waals surface area (Å²) in [5, 5.41) is 13.4. The van der Waals surface area contributed by atoms with E-state index in [9.17, 15) is 9.50 Å². The summed E-state index contributed by atoms with van der Waals surface area (Å²) in [4.78, 5) is 9.20. The Hall–Kier alpha value is -2.03. The third-order valence-corrected chi connectivity index (χ3v) is 4.71. The minimum atomic E-state index is -0.210. The SMILES string of the molecule is CCNC(=NCCc1ccc(F)cc1)N1CCN(c2ccccc2O)CC1.I. The number of hydrogen-bond donors (Lipinski definition) is 2. The molecule has 0 bridgehead atoms. The van der Waals surface area contributed by atoms with Gasteiger partial charge in [0.15, 0.2) is 5.96 Å². The molecular weight excluding hydrogens is 470 g/mol. The lowest BCUT2D eigenvalue weighted by Gasteiger charge is -2.37. The third-order valence-electron chi connectivity index (χ3n) is 4.71. The van der Waals surface area contributed by atoms with E-state index in [4.69, 9.17) is 4.99 Å². The van der Waals surface area contributed by atoms with Gasteiger partial charge in [-0.25, -0.2) is 4.39 Å². The highest BCUT2D eigenvalue weighted by Gasteiger charge is 2.21. The van der Waals surface area contributed by atoms with Crippen LogP contribution in [0.3, 0.4) is 0 Å². The van der Waals surface area contributed by atoms with E-state index in [2.05, 4.69) is 22.0 Å². The smallest absolute Gasteiger partial charge is 0.194 e. The molecule has 1 aliphatic rings. The number of guanidine groups is 1. The molecule has 5 nitrogen and oxygen atoms in total. The Balaban J connectivity index is 0.00000280. The minimum absolute atomic E-state index is 0. The number of phenolic OH excluding ortho intramolecular Hbond substituents is 1. The average molecular weight is 498 g/mol. The summed E-state index contributed by atoms with van der Waals surface area (Å²) in [6.45, 7) is 6.89. The van der Waals surface area contributed by atoms with Gasteiger partial charge in [-0.05, 0) is 43.2 Å². The largest absolute Gasteiger partial charge is 0.506 e. The summed E-state index contributed by atoms with van der Waals surface area (Å²) in [5.74, 6) is 1.03. The molecule has 0 spiro atoms. The highest BCUT2D eigenvalue weighted by molar-refractivity contribution is 14.0. The van der Waals surface area contributed by atoms with E-state index in [1.807, 2.05) is 30.3 Å². The molecule has 0 atom stereocenters.